The van der Waals surface area contributed by atoms with Gasteiger partial charge in [0.15, 0.2) is 11.5 Å². The van der Waals surface area contributed by atoms with Crippen LogP contribution in [0.3, 0.4) is 0 Å². The molecule has 0 aliphatic carbocycles. The summed E-state index contributed by atoms with van der Waals surface area (Å²) in [6.07, 6.45) is 3.94. The van der Waals surface area contributed by atoms with Gasteiger partial charge in [0.2, 0.25) is 0 Å². The van der Waals surface area contributed by atoms with Gasteiger partial charge in [-0.2, -0.15) is 9.97 Å². The van der Waals surface area contributed by atoms with E-state index in [0.717, 1.165) is 56.6 Å². The van der Waals surface area contributed by atoms with Crippen molar-refractivity contribution in [2.75, 3.05) is 44.4 Å². The first-order valence-electron chi connectivity index (χ1n) is 12.8. The molecule has 2 aromatic heterocycles. The van der Waals surface area contributed by atoms with Gasteiger partial charge in [0.1, 0.15) is 11.3 Å². The van der Waals surface area contributed by atoms with E-state index in [4.69, 9.17) is 15.2 Å². The molecule has 1 fully saturated rings. The Morgan fingerprint density at radius 3 is 2.84 bits per heavy atom. The molecule has 3 aromatic rings. The number of nitrogen functional groups attached to an aromatic ring is 1. The number of piperidine rings is 1. The van der Waals surface area contributed by atoms with Gasteiger partial charge in [-0.1, -0.05) is 19.4 Å². The van der Waals surface area contributed by atoms with Crippen molar-refractivity contribution < 1.29 is 14.3 Å². The molecule has 1 aliphatic rings. The van der Waals surface area contributed by atoms with E-state index in [1.807, 2.05) is 37.2 Å². The number of fused-ring (bicyclic) bond motifs is 1. The van der Waals surface area contributed by atoms with Crippen LogP contribution in [0.15, 0.2) is 23.0 Å². The van der Waals surface area contributed by atoms with Crippen LogP contribution in [0, 0.1) is 5.92 Å². The lowest BCUT2D eigenvalue weighted by atomic mass is 9.97. The van der Waals surface area contributed by atoms with E-state index < -0.39 is 0 Å². The number of ether oxygens (including phenoxy) is 2. The maximum absolute atomic E-state index is 12.8. The van der Waals surface area contributed by atoms with Crippen molar-refractivity contribution in [3.63, 3.8) is 0 Å². The Kier molecular flexibility index (Phi) is 8.32. The highest BCUT2D eigenvalue weighted by Crippen LogP contribution is 2.29. The fraction of sp³-hybridized carbons (Fsp3) is 0.538. The maximum Gasteiger partial charge on any atom is 0.327 e. The van der Waals surface area contributed by atoms with Crippen LogP contribution in [0.1, 0.15) is 45.1 Å². The largest absolute Gasteiger partial charge is 0.463 e. The van der Waals surface area contributed by atoms with Crippen LogP contribution in [0.4, 0.5) is 11.5 Å². The lowest BCUT2D eigenvalue weighted by Crippen LogP contribution is -2.38. The van der Waals surface area contributed by atoms with Gasteiger partial charge < -0.3 is 25.1 Å². The molecule has 1 aromatic carbocycles. The number of nitrogens with two attached hydrogens (primary N) is 1. The molecule has 0 amide bonds. The normalized spacial score (nSPS) is 16.2. The number of unbranched alkanes of at least 4 members (excludes halogenated alkanes) is 1. The number of rotatable bonds is 10. The van der Waals surface area contributed by atoms with Gasteiger partial charge in [-0.05, 0) is 43.4 Å². The Morgan fingerprint density at radius 2 is 2.11 bits per heavy atom. The molecule has 37 heavy (non-hydrogen) atoms. The van der Waals surface area contributed by atoms with Crippen molar-refractivity contribution in [3.8, 4) is 11.8 Å². The summed E-state index contributed by atoms with van der Waals surface area (Å²) in [6, 6.07) is 5.95. The highest BCUT2D eigenvalue weighted by molar-refractivity contribution is 5.81. The Balaban J connectivity index is 1.50. The Hall–Kier alpha value is -3.60. The number of carbonyl (C=O) groups is 1. The van der Waals surface area contributed by atoms with E-state index >= 15 is 0 Å². The summed E-state index contributed by atoms with van der Waals surface area (Å²) >= 11 is 0. The predicted octanol–water partition coefficient (Wildman–Crippen LogP) is 2.78. The van der Waals surface area contributed by atoms with Crippen molar-refractivity contribution in [3.05, 3.63) is 34.2 Å². The zero-order valence-corrected chi connectivity index (χ0v) is 22.1. The van der Waals surface area contributed by atoms with Crippen LogP contribution in [0.25, 0.3) is 11.2 Å². The van der Waals surface area contributed by atoms with E-state index in [-0.39, 0.29) is 29.4 Å². The maximum atomic E-state index is 12.8. The van der Waals surface area contributed by atoms with Gasteiger partial charge in [-0.25, -0.2) is 4.79 Å². The SMILES string of the molecule is CCCCOc1nc(N)c2[nH]c(=O)n(CC3CCCN(Cc4ccc(OC(C)=O)cc4N(C)C)C3)c2n1. The van der Waals surface area contributed by atoms with Crippen molar-refractivity contribution in [2.24, 2.45) is 5.92 Å². The lowest BCUT2D eigenvalue weighted by molar-refractivity contribution is -0.131. The van der Waals surface area contributed by atoms with Crippen molar-refractivity contribution in [2.45, 2.75) is 52.6 Å². The molecule has 1 unspecified atom stereocenters. The molecular weight excluding hydrogens is 474 g/mol. The summed E-state index contributed by atoms with van der Waals surface area (Å²) in [7, 11) is 3.96. The zero-order chi connectivity index (χ0) is 26.5. The molecule has 0 radical (unpaired) electrons. The number of carbonyl (C=O) groups excluding carboxylic acids is 1. The minimum Gasteiger partial charge on any atom is -0.463 e. The summed E-state index contributed by atoms with van der Waals surface area (Å²) < 4.78 is 12.6. The molecule has 200 valence electrons. The number of anilines is 2. The number of H-pyrrole nitrogens is 1. The second-order valence-electron chi connectivity index (χ2n) is 9.85. The molecule has 3 heterocycles. The third-order valence-electron chi connectivity index (χ3n) is 6.60. The molecular formula is C26H37N7O4. The average molecular weight is 512 g/mol. The summed E-state index contributed by atoms with van der Waals surface area (Å²) in [5.74, 6) is 0.685. The molecule has 1 aliphatic heterocycles. The van der Waals surface area contributed by atoms with E-state index in [1.54, 1.807) is 4.57 Å². The van der Waals surface area contributed by atoms with Crippen molar-refractivity contribution in [1.82, 2.24) is 24.4 Å². The Labute approximate surface area is 216 Å². The summed E-state index contributed by atoms with van der Waals surface area (Å²) in [5.41, 5.74) is 8.96. The monoisotopic (exact) mass is 511 g/mol. The van der Waals surface area contributed by atoms with E-state index in [9.17, 15) is 9.59 Å². The Bertz CT molecular complexity index is 1300. The second kappa shape index (κ2) is 11.6. The first-order valence-corrected chi connectivity index (χ1v) is 12.8. The molecule has 0 spiro atoms. The second-order valence-corrected chi connectivity index (χ2v) is 9.85. The number of likely N-dealkylation sites (tertiary alicyclic amines) is 1. The molecule has 1 saturated heterocycles. The number of nitrogens with zero attached hydrogens (tertiary/aromatic N) is 5. The standard InChI is InChI=1S/C26H37N7O4/c1-5-6-12-36-25-29-23(27)22-24(30-25)33(26(35)28-22)15-18-8-7-11-32(14-18)16-19-9-10-20(37-17(2)34)13-21(19)31(3)4/h9-10,13,18H,5-8,11-12,14-16H2,1-4H3,(H,28,35)(H2,27,29,30). The van der Waals surface area contributed by atoms with Crippen LogP contribution in [-0.2, 0) is 17.9 Å². The van der Waals surface area contributed by atoms with Gasteiger partial charge in [-0.3, -0.25) is 14.3 Å². The number of imidazole rings is 1. The number of aromatic nitrogens is 4. The average Bonchev–Trinajstić information content (AvgIpc) is 3.15. The first-order chi connectivity index (χ1) is 17.7. The third-order valence-corrected chi connectivity index (χ3v) is 6.60. The topological polar surface area (TPSA) is 132 Å². The number of aromatic amines is 1. The molecule has 0 bridgehead atoms. The lowest BCUT2D eigenvalue weighted by Gasteiger charge is -2.33. The molecule has 0 saturated carbocycles. The highest BCUT2D eigenvalue weighted by atomic mass is 16.5. The molecule has 4 rings (SSSR count). The van der Waals surface area contributed by atoms with E-state index in [0.29, 0.717) is 30.1 Å². The number of benzene rings is 1. The van der Waals surface area contributed by atoms with Gasteiger partial charge >= 0.3 is 17.7 Å². The number of hydrogen-bond acceptors (Lipinski definition) is 9. The van der Waals surface area contributed by atoms with Gasteiger partial charge in [0.05, 0.1) is 6.61 Å². The summed E-state index contributed by atoms with van der Waals surface area (Å²) in [4.78, 5) is 40.2. The van der Waals surface area contributed by atoms with Crippen LogP contribution >= 0.6 is 0 Å². The number of hydrogen-bond donors (Lipinski definition) is 2. The predicted molar refractivity (Wildman–Crippen MR) is 143 cm³/mol. The number of nitrogens with one attached hydrogen (secondary N) is 1. The molecule has 1 atom stereocenters. The van der Waals surface area contributed by atoms with Crippen LogP contribution in [-0.4, -0.2) is 64.2 Å². The summed E-state index contributed by atoms with van der Waals surface area (Å²) in [6.45, 7) is 7.10. The number of esters is 1. The van der Waals surface area contributed by atoms with Crippen LogP contribution in [0.5, 0.6) is 11.8 Å². The molecule has 11 nitrogen and oxygen atoms in total. The van der Waals surface area contributed by atoms with Gasteiger partial charge in [-0.15, -0.1) is 0 Å². The summed E-state index contributed by atoms with van der Waals surface area (Å²) in [5, 5.41) is 0. The van der Waals surface area contributed by atoms with Crippen molar-refractivity contribution in [1.29, 1.82) is 0 Å². The van der Waals surface area contributed by atoms with Gasteiger partial charge in [0.25, 0.3) is 0 Å². The third kappa shape index (κ3) is 6.40. The minimum atomic E-state index is -0.337. The zero-order valence-electron chi connectivity index (χ0n) is 22.1. The highest BCUT2D eigenvalue weighted by Gasteiger charge is 2.24. The van der Waals surface area contributed by atoms with E-state index in [2.05, 4.69) is 26.8 Å². The fourth-order valence-corrected chi connectivity index (χ4v) is 4.84. The van der Waals surface area contributed by atoms with E-state index in [1.165, 1.54) is 6.92 Å². The Morgan fingerprint density at radius 1 is 1.30 bits per heavy atom. The van der Waals surface area contributed by atoms with Crippen LogP contribution in [0.2, 0.25) is 0 Å². The van der Waals surface area contributed by atoms with Crippen molar-refractivity contribution >= 4 is 28.6 Å². The minimum absolute atomic E-state index is 0.199. The first kappa shape index (κ1) is 26.5. The van der Waals surface area contributed by atoms with Crippen LogP contribution < -0.4 is 25.8 Å². The molecule has 3 N–H and O–H groups in total. The fourth-order valence-electron chi connectivity index (χ4n) is 4.84. The van der Waals surface area contributed by atoms with Gasteiger partial charge in [0, 0.05) is 52.4 Å². The quantitative estimate of drug-likeness (QED) is 0.240. The smallest absolute Gasteiger partial charge is 0.327 e. The molecule has 11 heteroatoms.